The van der Waals surface area contributed by atoms with Crippen LogP contribution >= 0.6 is 0 Å². The van der Waals surface area contributed by atoms with Crippen molar-refractivity contribution in [1.29, 1.82) is 0 Å². The third-order valence-corrected chi connectivity index (χ3v) is 3.51. The van der Waals surface area contributed by atoms with Crippen LogP contribution in [0.15, 0.2) is 42.5 Å². The average Bonchev–Trinajstić information content (AvgIpc) is 2.64. The number of rotatable bonds is 5. The van der Waals surface area contributed by atoms with E-state index >= 15 is 0 Å². The molecule has 0 bridgehead atoms. The van der Waals surface area contributed by atoms with E-state index in [9.17, 15) is 9.59 Å². The van der Waals surface area contributed by atoms with E-state index in [1.54, 1.807) is 49.6 Å². The number of ketones is 1. The van der Waals surface area contributed by atoms with E-state index < -0.39 is 0 Å². The number of carbonyl (C=O) groups is 2. The van der Waals surface area contributed by atoms with Crippen molar-refractivity contribution in [2.75, 3.05) is 20.8 Å². The molecular formula is C20H19NO4. The van der Waals surface area contributed by atoms with Crippen LogP contribution in [0.4, 0.5) is 0 Å². The Morgan fingerprint density at radius 3 is 2.36 bits per heavy atom. The smallest absolute Gasteiger partial charge is 0.255 e. The first-order chi connectivity index (χ1) is 12.0. The molecule has 0 radical (unpaired) electrons. The van der Waals surface area contributed by atoms with Crippen LogP contribution in [0, 0.1) is 11.8 Å². The second-order valence-corrected chi connectivity index (χ2v) is 5.18. The van der Waals surface area contributed by atoms with Crippen molar-refractivity contribution in [2.24, 2.45) is 0 Å². The molecule has 0 heterocycles. The van der Waals surface area contributed by atoms with Gasteiger partial charge in [0.2, 0.25) is 0 Å². The van der Waals surface area contributed by atoms with Crippen LogP contribution in [-0.2, 0) is 0 Å². The molecule has 2 aromatic carbocycles. The lowest BCUT2D eigenvalue weighted by Crippen LogP contribution is -2.24. The summed E-state index contributed by atoms with van der Waals surface area (Å²) < 4.78 is 10.3. The van der Waals surface area contributed by atoms with Gasteiger partial charge in [0.15, 0.2) is 5.78 Å². The van der Waals surface area contributed by atoms with Gasteiger partial charge in [-0.15, -0.1) is 0 Å². The normalized spacial score (nSPS) is 9.56. The first kappa shape index (κ1) is 18.1. The predicted octanol–water partition coefficient (Wildman–Crippen LogP) is 2.69. The highest BCUT2D eigenvalue weighted by Gasteiger charge is 2.12. The zero-order valence-electron chi connectivity index (χ0n) is 14.4. The number of hydrogen-bond acceptors (Lipinski definition) is 4. The van der Waals surface area contributed by atoms with Crippen molar-refractivity contribution in [1.82, 2.24) is 5.32 Å². The third kappa shape index (κ3) is 4.85. The molecule has 25 heavy (non-hydrogen) atoms. The van der Waals surface area contributed by atoms with Gasteiger partial charge in [0.25, 0.3) is 5.91 Å². The summed E-state index contributed by atoms with van der Waals surface area (Å²) in [6.45, 7) is 1.71. The van der Waals surface area contributed by atoms with Crippen molar-refractivity contribution in [3.05, 3.63) is 59.2 Å². The van der Waals surface area contributed by atoms with Gasteiger partial charge in [0.05, 0.1) is 26.3 Å². The molecule has 0 fully saturated rings. The molecule has 0 unspecified atom stereocenters. The van der Waals surface area contributed by atoms with Gasteiger partial charge in [-0.05, 0) is 31.2 Å². The Balaban J connectivity index is 1.98. The van der Waals surface area contributed by atoms with E-state index in [-0.39, 0.29) is 18.2 Å². The van der Waals surface area contributed by atoms with Gasteiger partial charge in [-0.3, -0.25) is 9.59 Å². The van der Waals surface area contributed by atoms with Gasteiger partial charge >= 0.3 is 0 Å². The van der Waals surface area contributed by atoms with Crippen molar-refractivity contribution in [3.63, 3.8) is 0 Å². The lowest BCUT2D eigenvalue weighted by Gasteiger charge is -2.09. The van der Waals surface area contributed by atoms with Gasteiger partial charge in [0.1, 0.15) is 11.5 Å². The maximum atomic E-state index is 12.2. The molecule has 0 saturated heterocycles. The lowest BCUT2D eigenvalue weighted by molar-refractivity contribution is 0.0954. The van der Waals surface area contributed by atoms with E-state index in [2.05, 4.69) is 17.2 Å². The van der Waals surface area contributed by atoms with E-state index in [1.165, 1.54) is 14.0 Å². The minimum Gasteiger partial charge on any atom is -0.497 e. The topological polar surface area (TPSA) is 64.6 Å². The Labute approximate surface area is 147 Å². The Morgan fingerprint density at radius 1 is 1.04 bits per heavy atom. The zero-order valence-corrected chi connectivity index (χ0v) is 14.4. The highest BCUT2D eigenvalue weighted by molar-refractivity contribution is 5.97. The van der Waals surface area contributed by atoms with Gasteiger partial charge in [0, 0.05) is 17.2 Å². The van der Waals surface area contributed by atoms with Gasteiger partial charge in [-0.2, -0.15) is 0 Å². The highest BCUT2D eigenvalue weighted by atomic mass is 16.5. The fourth-order valence-corrected chi connectivity index (χ4v) is 2.14. The molecule has 0 aliphatic rings. The van der Waals surface area contributed by atoms with Crippen LogP contribution in [0.1, 0.15) is 33.2 Å². The number of ether oxygens (including phenoxy) is 2. The predicted molar refractivity (Wildman–Crippen MR) is 95.2 cm³/mol. The summed E-state index contributed by atoms with van der Waals surface area (Å²) in [7, 11) is 3.04. The molecular weight excluding hydrogens is 318 g/mol. The summed E-state index contributed by atoms with van der Waals surface area (Å²) in [6, 6.07) is 12.0. The Hall–Kier alpha value is -3.26. The summed E-state index contributed by atoms with van der Waals surface area (Å²) in [5.41, 5.74) is 1.84. The fraction of sp³-hybridized carbons (Fsp3) is 0.200. The lowest BCUT2D eigenvalue weighted by atomic mass is 10.1. The van der Waals surface area contributed by atoms with Crippen LogP contribution in [-0.4, -0.2) is 32.5 Å². The molecule has 5 nitrogen and oxygen atoms in total. The highest BCUT2D eigenvalue weighted by Crippen LogP contribution is 2.24. The molecule has 0 aliphatic heterocycles. The summed E-state index contributed by atoms with van der Waals surface area (Å²) in [6.07, 6.45) is 0. The number of amides is 1. The molecule has 5 heteroatoms. The number of benzene rings is 2. The zero-order chi connectivity index (χ0) is 18.2. The molecule has 0 atom stereocenters. The van der Waals surface area contributed by atoms with Gasteiger partial charge in [-0.25, -0.2) is 0 Å². The Bertz CT molecular complexity index is 829. The molecule has 1 N–H and O–H groups in total. The third-order valence-electron chi connectivity index (χ3n) is 3.51. The maximum Gasteiger partial charge on any atom is 0.255 e. The van der Waals surface area contributed by atoms with Gasteiger partial charge in [-0.1, -0.05) is 24.0 Å². The molecule has 0 aliphatic carbocycles. The molecule has 1 amide bonds. The fourth-order valence-electron chi connectivity index (χ4n) is 2.14. The van der Waals surface area contributed by atoms with E-state index in [4.69, 9.17) is 9.47 Å². The number of Topliss-reactive ketones (excluding diaryl/α,β-unsaturated/α-hetero) is 1. The Kier molecular flexibility index (Phi) is 6.19. The molecule has 2 rings (SSSR count). The molecule has 2 aromatic rings. The van der Waals surface area contributed by atoms with Crippen molar-refractivity contribution in [2.45, 2.75) is 6.92 Å². The number of methoxy groups -OCH3 is 2. The quantitative estimate of drug-likeness (QED) is 0.673. The second kappa shape index (κ2) is 8.55. The SMILES string of the molecule is COc1ccc(C(=O)NCC#Cc2ccc(C(C)=O)cc2)c(OC)c1. The van der Waals surface area contributed by atoms with E-state index in [1.807, 2.05) is 0 Å². The second-order valence-electron chi connectivity index (χ2n) is 5.18. The molecule has 128 valence electrons. The van der Waals surface area contributed by atoms with Crippen LogP contribution < -0.4 is 14.8 Å². The standard InChI is InChI=1S/C20H19NO4/c1-14(22)16-8-6-15(7-9-16)5-4-12-21-20(23)18-11-10-17(24-2)13-19(18)25-3/h6-11,13H,12H2,1-3H3,(H,21,23). The van der Waals surface area contributed by atoms with E-state index in [0.717, 1.165) is 5.56 Å². The summed E-state index contributed by atoms with van der Waals surface area (Å²) in [5.74, 6) is 6.60. The largest absolute Gasteiger partial charge is 0.497 e. The molecule has 0 saturated carbocycles. The number of hydrogen-bond donors (Lipinski definition) is 1. The summed E-state index contributed by atoms with van der Waals surface area (Å²) >= 11 is 0. The maximum absolute atomic E-state index is 12.2. The minimum atomic E-state index is -0.277. The number of nitrogens with one attached hydrogen (secondary N) is 1. The van der Waals surface area contributed by atoms with Crippen LogP contribution in [0.3, 0.4) is 0 Å². The average molecular weight is 337 g/mol. The van der Waals surface area contributed by atoms with Crippen molar-refractivity contribution >= 4 is 11.7 Å². The monoisotopic (exact) mass is 337 g/mol. The number of carbonyl (C=O) groups excluding carboxylic acids is 2. The minimum absolute atomic E-state index is 0.0141. The first-order valence-corrected chi connectivity index (χ1v) is 7.65. The Morgan fingerprint density at radius 2 is 1.76 bits per heavy atom. The summed E-state index contributed by atoms with van der Waals surface area (Å²) in [5, 5.41) is 2.72. The summed E-state index contributed by atoms with van der Waals surface area (Å²) in [4.78, 5) is 23.4. The van der Waals surface area contributed by atoms with E-state index in [0.29, 0.717) is 22.6 Å². The van der Waals surface area contributed by atoms with Crippen LogP contribution in [0.25, 0.3) is 0 Å². The van der Waals surface area contributed by atoms with Gasteiger partial charge < -0.3 is 14.8 Å². The van der Waals surface area contributed by atoms with Crippen molar-refractivity contribution in [3.8, 4) is 23.3 Å². The molecule has 0 aromatic heterocycles. The van der Waals surface area contributed by atoms with Crippen LogP contribution in [0.5, 0.6) is 11.5 Å². The first-order valence-electron chi connectivity index (χ1n) is 7.65. The molecule has 0 spiro atoms. The van der Waals surface area contributed by atoms with Crippen molar-refractivity contribution < 1.29 is 19.1 Å². The van der Waals surface area contributed by atoms with Crippen LogP contribution in [0.2, 0.25) is 0 Å².